The third-order valence-corrected chi connectivity index (χ3v) is 4.32. The van der Waals surface area contributed by atoms with Gasteiger partial charge in [-0.25, -0.2) is 0 Å². The molecule has 0 bridgehead atoms. The topological polar surface area (TPSA) is 46.3 Å². The molecule has 98 valence electrons. The lowest BCUT2D eigenvalue weighted by molar-refractivity contribution is -0.124. The Morgan fingerprint density at radius 2 is 2.11 bits per heavy atom. The van der Waals surface area contributed by atoms with E-state index in [4.69, 9.17) is 5.73 Å². The molecule has 1 amide bonds. The summed E-state index contributed by atoms with van der Waals surface area (Å²) >= 11 is 1.83. The predicted octanol–water partition coefficient (Wildman–Crippen LogP) is 2.12. The summed E-state index contributed by atoms with van der Waals surface area (Å²) in [5, 5.41) is 0. The molecule has 1 saturated heterocycles. The summed E-state index contributed by atoms with van der Waals surface area (Å²) in [6.45, 7) is 1.94. The maximum atomic E-state index is 11.4. The Hall–Kier alpha value is -1.00. The summed E-state index contributed by atoms with van der Waals surface area (Å²) in [6, 6.07) is 10.3. The van der Waals surface area contributed by atoms with E-state index in [-0.39, 0.29) is 11.9 Å². The molecule has 0 radical (unpaired) electrons. The molecule has 1 fully saturated rings. The number of nitrogens with zero attached hydrogens (tertiary/aromatic N) is 1. The van der Waals surface area contributed by atoms with Crippen molar-refractivity contribution in [1.82, 2.24) is 4.90 Å². The molecule has 1 atom stereocenters. The first kappa shape index (κ1) is 13.4. The van der Waals surface area contributed by atoms with Gasteiger partial charge in [-0.15, -0.1) is 11.8 Å². The maximum absolute atomic E-state index is 11.4. The van der Waals surface area contributed by atoms with Gasteiger partial charge in [0.25, 0.3) is 0 Å². The van der Waals surface area contributed by atoms with Crippen molar-refractivity contribution in [2.24, 2.45) is 5.73 Å². The molecule has 1 aliphatic rings. The van der Waals surface area contributed by atoms with Crippen LogP contribution in [-0.4, -0.2) is 35.7 Å². The number of likely N-dealkylation sites (tertiary alicyclic amines) is 1. The molecule has 0 aliphatic carbocycles. The van der Waals surface area contributed by atoms with Crippen LogP contribution < -0.4 is 5.73 Å². The molecule has 4 heteroatoms. The average molecular weight is 264 g/mol. The smallest absolute Gasteiger partial charge is 0.234 e. The van der Waals surface area contributed by atoms with Crippen LogP contribution in [-0.2, 0) is 4.79 Å². The van der Waals surface area contributed by atoms with Crippen molar-refractivity contribution in [1.29, 1.82) is 0 Å². The number of carbonyl (C=O) groups is 1. The first-order valence-electron chi connectivity index (χ1n) is 6.48. The molecular weight excluding hydrogens is 244 g/mol. The van der Waals surface area contributed by atoms with E-state index in [1.165, 1.54) is 11.3 Å². The number of benzene rings is 1. The Kier molecular flexibility index (Phi) is 5.08. The summed E-state index contributed by atoms with van der Waals surface area (Å²) < 4.78 is 0. The molecule has 0 spiro atoms. The molecule has 1 aromatic carbocycles. The zero-order valence-electron chi connectivity index (χ0n) is 10.5. The minimum absolute atomic E-state index is 0.0462. The van der Waals surface area contributed by atoms with Gasteiger partial charge in [-0.3, -0.25) is 9.69 Å². The van der Waals surface area contributed by atoms with Gasteiger partial charge >= 0.3 is 0 Å². The molecule has 1 heterocycles. The van der Waals surface area contributed by atoms with Gasteiger partial charge in [0, 0.05) is 17.2 Å². The normalized spacial score (nSPS) is 20.8. The van der Waals surface area contributed by atoms with Crippen LogP contribution in [0.3, 0.4) is 0 Å². The second-order valence-electron chi connectivity index (χ2n) is 4.61. The van der Waals surface area contributed by atoms with Crippen LogP contribution in [0.25, 0.3) is 0 Å². The highest BCUT2D eigenvalue weighted by atomic mass is 32.2. The zero-order chi connectivity index (χ0) is 12.8. The highest BCUT2D eigenvalue weighted by Crippen LogP contribution is 2.20. The van der Waals surface area contributed by atoms with Gasteiger partial charge in [0.05, 0.1) is 6.04 Å². The molecule has 3 nitrogen and oxygen atoms in total. The molecule has 2 N–H and O–H groups in total. The molecular formula is C14H20N2OS. The maximum Gasteiger partial charge on any atom is 0.234 e. The van der Waals surface area contributed by atoms with E-state index in [1.807, 2.05) is 17.8 Å². The van der Waals surface area contributed by atoms with E-state index in [2.05, 4.69) is 29.2 Å². The fourth-order valence-electron chi connectivity index (χ4n) is 2.38. The van der Waals surface area contributed by atoms with Crippen molar-refractivity contribution in [3.8, 4) is 0 Å². The Bertz CT molecular complexity index is 383. The van der Waals surface area contributed by atoms with Gasteiger partial charge in [0.2, 0.25) is 5.91 Å². The number of carbonyl (C=O) groups excluding carboxylic acids is 1. The van der Waals surface area contributed by atoms with Crippen LogP contribution in [0, 0.1) is 0 Å². The van der Waals surface area contributed by atoms with E-state index < -0.39 is 0 Å². The van der Waals surface area contributed by atoms with Crippen LogP contribution in [0.4, 0.5) is 0 Å². The van der Waals surface area contributed by atoms with Gasteiger partial charge < -0.3 is 5.73 Å². The fraction of sp³-hybridized carbons (Fsp3) is 0.500. The minimum Gasteiger partial charge on any atom is -0.368 e. The number of primary amides is 1. The number of hydrogen-bond donors (Lipinski definition) is 1. The molecule has 1 unspecified atom stereocenters. The van der Waals surface area contributed by atoms with Crippen molar-refractivity contribution in [3.63, 3.8) is 0 Å². The van der Waals surface area contributed by atoms with Crippen molar-refractivity contribution in [2.75, 3.05) is 18.8 Å². The van der Waals surface area contributed by atoms with Crippen LogP contribution in [0.1, 0.15) is 19.3 Å². The lowest BCUT2D eigenvalue weighted by atomic mass is 10.0. The summed E-state index contributed by atoms with van der Waals surface area (Å²) in [4.78, 5) is 14.9. The van der Waals surface area contributed by atoms with Crippen molar-refractivity contribution in [2.45, 2.75) is 30.2 Å². The predicted molar refractivity (Wildman–Crippen MR) is 75.6 cm³/mol. The zero-order valence-corrected chi connectivity index (χ0v) is 11.4. The fourth-order valence-corrected chi connectivity index (χ4v) is 3.29. The van der Waals surface area contributed by atoms with Crippen molar-refractivity contribution in [3.05, 3.63) is 30.3 Å². The van der Waals surface area contributed by atoms with Gasteiger partial charge in [-0.1, -0.05) is 24.6 Å². The van der Waals surface area contributed by atoms with E-state index >= 15 is 0 Å². The molecule has 18 heavy (non-hydrogen) atoms. The number of thioether (sulfide) groups is 1. The largest absolute Gasteiger partial charge is 0.368 e. The molecule has 1 aromatic rings. The molecule has 0 saturated carbocycles. The third kappa shape index (κ3) is 3.75. The first-order chi connectivity index (χ1) is 8.77. The number of piperidine rings is 1. The Balaban J connectivity index is 1.79. The van der Waals surface area contributed by atoms with Crippen molar-refractivity contribution < 1.29 is 4.79 Å². The van der Waals surface area contributed by atoms with Crippen LogP contribution in [0.2, 0.25) is 0 Å². The highest BCUT2D eigenvalue weighted by Gasteiger charge is 2.26. The quantitative estimate of drug-likeness (QED) is 0.829. The first-order valence-corrected chi connectivity index (χ1v) is 7.47. The van der Waals surface area contributed by atoms with E-state index in [9.17, 15) is 4.79 Å². The second-order valence-corrected chi connectivity index (χ2v) is 5.78. The highest BCUT2D eigenvalue weighted by molar-refractivity contribution is 7.99. The number of rotatable bonds is 5. The van der Waals surface area contributed by atoms with Gasteiger partial charge in [-0.05, 0) is 31.5 Å². The Labute approximate surface area is 113 Å². The standard InChI is InChI=1S/C14H20N2OS/c15-14(17)13-8-4-5-9-16(13)10-11-18-12-6-2-1-3-7-12/h1-3,6-7,13H,4-5,8-11H2,(H2,15,17). The second kappa shape index (κ2) is 6.81. The summed E-state index contributed by atoms with van der Waals surface area (Å²) in [6.07, 6.45) is 3.22. The molecule has 0 aromatic heterocycles. The lowest BCUT2D eigenvalue weighted by Gasteiger charge is -2.33. The summed E-state index contributed by atoms with van der Waals surface area (Å²) in [5.41, 5.74) is 5.45. The van der Waals surface area contributed by atoms with Gasteiger partial charge in [-0.2, -0.15) is 0 Å². The number of amides is 1. The van der Waals surface area contributed by atoms with Crippen LogP contribution in [0.15, 0.2) is 35.2 Å². The molecule has 2 rings (SSSR count). The lowest BCUT2D eigenvalue weighted by Crippen LogP contribution is -2.48. The van der Waals surface area contributed by atoms with Gasteiger partial charge in [0.15, 0.2) is 0 Å². The average Bonchev–Trinajstić information content (AvgIpc) is 2.40. The SMILES string of the molecule is NC(=O)C1CCCCN1CCSc1ccccc1. The van der Waals surface area contributed by atoms with E-state index in [0.717, 1.165) is 31.7 Å². The van der Waals surface area contributed by atoms with E-state index in [1.54, 1.807) is 0 Å². The third-order valence-electron chi connectivity index (χ3n) is 3.33. The van der Waals surface area contributed by atoms with Crippen molar-refractivity contribution >= 4 is 17.7 Å². The summed E-state index contributed by atoms with van der Waals surface area (Å²) in [7, 11) is 0. The molecule has 1 aliphatic heterocycles. The van der Waals surface area contributed by atoms with Crippen LogP contribution in [0.5, 0.6) is 0 Å². The number of nitrogens with two attached hydrogens (primary N) is 1. The summed E-state index contributed by atoms with van der Waals surface area (Å²) in [5.74, 6) is 0.841. The monoisotopic (exact) mass is 264 g/mol. The number of hydrogen-bond acceptors (Lipinski definition) is 3. The Morgan fingerprint density at radius 3 is 2.83 bits per heavy atom. The Morgan fingerprint density at radius 1 is 1.33 bits per heavy atom. The van der Waals surface area contributed by atoms with Crippen LogP contribution >= 0.6 is 11.8 Å². The van der Waals surface area contributed by atoms with E-state index in [0.29, 0.717) is 0 Å². The minimum atomic E-state index is -0.167. The van der Waals surface area contributed by atoms with Gasteiger partial charge in [0.1, 0.15) is 0 Å².